The van der Waals surface area contributed by atoms with Gasteiger partial charge in [0.25, 0.3) is 0 Å². The lowest BCUT2D eigenvalue weighted by Gasteiger charge is -2.30. The molecule has 1 aliphatic rings. The lowest BCUT2D eigenvalue weighted by atomic mass is 10.0. The summed E-state index contributed by atoms with van der Waals surface area (Å²) in [7, 11) is 5.10. The van der Waals surface area contributed by atoms with E-state index in [1.54, 1.807) is 21.3 Å². The van der Waals surface area contributed by atoms with E-state index in [0.717, 1.165) is 48.5 Å². The van der Waals surface area contributed by atoms with Gasteiger partial charge in [0.05, 0.1) is 14.2 Å². The molecule has 0 saturated carbocycles. The van der Waals surface area contributed by atoms with Gasteiger partial charge in [0.1, 0.15) is 0 Å². The molecule has 7 heteroatoms. The molecule has 1 heterocycles. The average Bonchev–Trinajstić information content (AvgIpc) is 2.67. The van der Waals surface area contributed by atoms with Gasteiger partial charge < -0.3 is 25.0 Å². The van der Waals surface area contributed by atoms with Crippen molar-refractivity contribution in [1.82, 2.24) is 15.5 Å². The molecule has 1 aliphatic heterocycles. The van der Waals surface area contributed by atoms with Gasteiger partial charge in [-0.15, -0.1) is 24.0 Å². The monoisotopic (exact) mass is 490 g/mol. The van der Waals surface area contributed by atoms with Crippen LogP contribution in [0.25, 0.3) is 0 Å². The number of nitrogens with one attached hydrogen (secondary N) is 2. The first-order valence-corrected chi connectivity index (χ1v) is 9.54. The van der Waals surface area contributed by atoms with E-state index in [1.807, 2.05) is 18.2 Å². The predicted molar refractivity (Wildman–Crippen MR) is 123 cm³/mol. The maximum atomic E-state index is 5.35. The summed E-state index contributed by atoms with van der Waals surface area (Å²) in [6.45, 7) is 7.61. The standard InChI is InChI=1S/C20H34N4O2.HI/c1-16-7-5-11-24(15-16)12-6-10-22-20(21-2)23-14-17-8-9-18(25-3)19(13-17)26-4;/h8-9,13,16H,5-7,10-12,14-15H2,1-4H3,(H2,21,22,23);1H. The molecule has 1 unspecified atom stereocenters. The number of guanidine groups is 1. The molecule has 1 atom stereocenters. The van der Waals surface area contributed by atoms with Crippen molar-refractivity contribution in [2.24, 2.45) is 10.9 Å². The largest absolute Gasteiger partial charge is 0.493 e. The van der Waals surface area contributed by atoms with Gasteiger partial charge >= 0.3 is 0 Å². The molecule has 0 bridgehead atoms. The van der Waals surface area contributed by atoms with Crippen LogP contribution in [0.15, 0.2) is 23.2 Å². The second-order valence-electron chi connectivity index (χ2n) is 6.94. The van der Waals surface area contributed by atoms with Crippen molar-refractivity contribution in [3.8, 4) is 11.5 Å². The Bertz CT molecular complexity index is 583. The van der Waals surface area contributed by atoms with Crippen molar-refractivity contribution in [3.63, 3.8) is 0 Å². The fraction of sp³-hybridized carbons (Fsp3) is 0.650. The van der Waals surface area contributed by atoms with Gasteiger partial charge in [-0.2, -0.15) is 0 Å². The second kappa shape index (κ2) is 13.0. The molecular weight excluding hydrogens is 455 g/mol. The Hall–Kier alpha value is -1.22. The molecular formula is C20H35IN4O2. The molecule has 2 N–H and O–H groups in total. The highest BCUT2D eigenvalue weighted by atomic mass is 127. The van der Waals surface area contributed by atoms with Crippen molar-refractivity contribution >= 4 is 29.9 Å². The maximum absolute atomic E-state index is 5.35. The lowest BCUT2D eigenvalue weighted by molar-refractivity contribution is 0.182. The van der Waals surface area contributed by atoms with Crippen LogP contribution in [-0.4, -0.2) is 58.3 Å². The van der Waals surface area contributed by atoms with Gasteiger partial charge in [-0.1, -0.05) is 13.0 Å². The highest BCUT2D eigenvalue weighted by Gasteiger charge is 2.15. The van der Waals surface area contributed by atoms with Crippen LogP contribution in [0.1, 0.15) is 31.7 Å². The molecule has 27 heavy (non-hydrogen) atoms. The van der Waals surface area contributed by atoms with Crippen LogP contribution in [0.4, 0.5) is 0 Å². The molecule has 1 aromatic rings. The normalized spacial score (nSPS) is 17.8. The summed E-state index contributed by atoms with van der Waals surface area (Å²) in [6, 6.07) is 5.93. The summed E-state index contributed by atoms with van der Waals surface area (Å²) in [5, 5.41) is 6.75. The van der Waals surface area contributed by atoms with E-state index in [4.69, 9.17) is 9.47 Å². The summed E-state index contributed by atoms with van der Waals surface area (Å²) in [5.41, 5.74) is 1.12. The number of aliphatic imine (C=N–C) groups is 1. The number of likely N-dealkylation sites (tertiary alicyclic amines) is 1. The Kier molecular flexibility index (Phi) is 11.5. The second-order valence-corrected chi connectivity index (χ2v) is 6.94. The Morgan fingerprint density at radius 3 is 2.67 bits per heavy atom. The van der Waals surface area contributed by atoms with E-state index in [1.165, 1.54) is 25.9 Å². The molecule has 6 nitrogen and oxygen atoms in total. The summed E-state index contributed by atoms with van der Waals surface area (Å²) in [5.74, 6) is 3.15. The van der Waals surface area contributed by atoms with E-state index in [2.05, 4.69) is 27.4 Å². The zero-order chi connectivity index (χ0) is 18.8. The quantitative estimate of drug-likeness (QED) is 0.254. The highest BCUT2D eigenvalue weighted by molar-refractivity contribution is 14.0. The van der Waals surface area contributed by atoms with Crippen LogP contribution < -0.4 is 20.1 Å². The number of ether oxygens (including phenoxy) is 2. The number of halogens is 1. The van der Waals surface area contributed by atoms with E-state index in [9.17, 15) is 0 Å². The fourth-order valence-corrected chi connectivity index (χ4v) is 3.40. The molecule has 0 amide bonds. The first-order chi connectivity index (χ1) is 12.7. The van der Waals surface area contributed by atoms with Crippen LogP contribution in [0.2, 0.25) is 0 Å². The van der Waals surface area contributed by atoms with Crippen molar-refractivity contribution in [3.05, 3.63) is 23.8 Å². The maximum Gasteiger partial charge on any atom is 0.191 e. The summed E-state index contributed by atoms with van der Waals surface area (Å²) in [4.78, 5) is 6.88. The third-order valence-electron chi connectivity index (χ3n) is 4.82. The molecule has 0 radical (unpaired) electrons. The highest BCUT2D eigenvalue weighted by Crippen LogP contribution is 2.27. The van der Waals surface area contributed by atoms with Crippen molar-refractivity contribution < 1.29 is 9.47 Å². The van der Waals surface area contributed by atoms with Crippen LogP contribution in [-0.2, 0) is 6.54 Å². The number of benzene rings is 1. The van der Waals surface area contributed by atoms with Gasteiger partial charge in [0.2, 0.25) is 0 Å². The van der Waals surface area contributed by atoms with Crippen LogP contribution in [0, 0.1) is 5.92 Å². The Balaban J connectivity index is 0.00000364. The number of piperidine rings is 1. The predicted octanol–water partition coefficient (Wildman–Crippen LogP) is 3.11. The molecule has 0 aliphatic carbocycles. The van der Waals surface area contributed by atoms with Gasteiger partial charge in [-0.05, 0) is 56.0 Å². The van der Waals surface area contributed by atoms with Crippen molar-refractivity contribution in [2.75, 3.05) is 47.4 Å². The number of methoxy groups -OCH3 is 2. The van der Waals surface area contributed by atoms with Gasteiger partial charge in [-0.25, -0.2) is 0 Å². The molecule has 2 rings (SSSR count). The molecule has 154 valence electrons. The van der Waals surface area contributed by atoms with E-state index >= 15 is 0 Å². The van der Waals surface area contributed by atoms with Gasteiger partial charge in [0, 0.05) is 26.7 Å². The van der Waals surface area contributed by atoms with E-state index in [-0.39, 0.29) is 24.0 Å². The van der Waals surface area contributed by atoms with Crippen LogP contribution in [0.5, 0.6) is 11.5 Å². The molecule has 0 spiro atoms. The average molecular weight is 490 g/mol. The number of rotatable bonds is 8. The van der Waals surface area contributed by atoms with E-state index < -0.39 is 0 Å². The third-order valence-corrected chi connectivity index (χ3v) is 4.82. The minimum Gasteiger partial charge on any atom is -0.493 e. The fourth-order valence-electron chi connectivity index (χ4n) is 3.40. The third kappa shape index (κ3) is 8.13. The van der Waals surface area contributed by atoms with Crippen LogP contribution in [0.3, 0.4) is 0 Å². The van der Waals surface area contributed by atoms with Gasteiger partial charge in [0.15, 0.2) is 17.5 Å². The first kappa shape index (κ1) is 23.8. The number of hydrogen-bond donors (Lipinski definition) is 2. The molecule has 1 aromatic carbocycles. The minimum absolute atomic E-state index is 0. The lowest BCUT2D eigenvalue weighted by Crippen LogP contribution is -2.39. The summed E-state index contributed by atoms with van der Waals surface area (Å²) in [6.07, 6.45) is 3.84. The topological polar surface area (TPSA) is 58.1 Å². The first-order valence-electron chi connectivity index (χ1n) is 9.54. The summed E-state index contributed by atoms with van der Waals surface area (Å²) >= 11 is 0. The zero-order valence-electron chi connectivity index (χ0n) is 17.1. The Morgan fingerprint density at radius 2 is 2.00 bits per heavy atom. The van der Waals surface area contributed by atoms with Crippen LogP contribution >= 0.6 is 24.0 Å². The van der Waals surface area contributed by atoms with Crippen molar-refractivity contribution in [2.45, 2.75) is 32.7 Å². The molecule has 1 saturated heterocycles. The van der Waals surface area contributed by atoms with E-state index in [0.29, 0.717) is 6.54 Å². The SMILES string of the molecule is CN=C(NCCCN1CCCC(C)C1)NCc1ccc(OC)c(OC)c1.I. The number of hydrogen-bond acceptors (Lipinski definition) is 4. The summed E-state index contributed by atoms with van der Waals surface area (Å²) < 4.78 is 10.6. The Labute approximate surface area is 181 Å². The Morgan fingerprint density at radius 1 is 1.22 bits per heavy atom. The minimum atomic E-state index is 0. The molecule has 0 aromatic heterocycles. The number of nitrogens with zero attached hydrogens (tertiary/aromatic N) is 2. The smallest absolute Gasteiger partial charge is 0.191 e. The molecule has 1 fully saturated rings. The van der Waals surface area contributed by atoms with Crippen molar-refractivity contribution in [1.29, 1.82) is 0 Å². The van der Waals surface area contributed by atoms with Gasteiger partial charge in [-0.3, -0.25) is 4.99 Å². The zero-order valence-corrected chi connectivity index (χ0v) is 19.4.